The third-order valence-corrected chi connectivity index (χ3v) is 0. The quantitative estimate of drug-likeness (QED) is 0.327. The predicted octanol–water partition coefficient (Wildman–Crippen LogP) is 0. The van der Waals surface area contributed by atoms with E-state index in [0.29, 0.717) is 0 Å². The summed E-state index contributed by atoms with van der Waals surface area (Å²) in [6, 6.07) is 0. The molecule has 0 rings (SSSR count). The van der Waals surface area contributed by atoms with Gasteiger partial charge in [0.15, 0.2) is 0 Å². The van der Waals surface area contributed by atoms with Crippen molar-refractivity contribution in [3.8, 4) is 0 Å². The number of hydrogen-bond acceptors (Lipinski definition) is 0. The summed E-state index contributed by atoms with van der Waals surface area (Å²) < 4.78 is 0. The van der Waals surface area contributed by atoms with Gasteiger partial charge >= 0.3 is 0 Å². The molecule has 0 saturated heterocycles. The molecule has 0 heterocycles. The van der Waals surface area contributed by atoms with Crippen LogP contribution in [-0.4, -0.2) is 0 Å². The Hall–Kier alpha value is 6.70. The molecule has 0 nitrogen and oxygen atoms in total. The van der Waals surface area contributed by atoms with Crippen LogP contribution in [0.5, 0.6) is 0 Å². The van der Waals surface area contributed by atoms with Gasteiger partial charge < -0.3 is 0 Å². The van der Waals surface area contributed by atoms with Gasteiger partial charge in [-0.2, -0.15) is 0 Å². The molecule has 0 aliphatic heterocycles. The number of rotatable bonds is 0. The van der Waals surface area contributed by atoms with Gasteiger partial charge in [0.2, 0.25) is 0 Å². The predicted molar refractivity (Wildman–Crippen MR) is 0 cm³/mol. The van der Waals surface area contributed by atoms with Crippen LogP contribution in [0.4, 0.5) is 0 Å². The molecule has 33 valence electrons. The molecule has 0 bridgehead atoms. The average molecular weight is 754 g/mol. The van der Waals surface area contributed by atoms with Crippen LogP contribution in [0.2, 0.25) is 0 Å². The van der Waals surface area contributed by atoms with Crippen molar-refractivity contribution >= 4 is 0 Å². The van der Waals surface area contributed by atoms with Crippen LogP contribution in [0.1, 0.15) is 0 Å². The second-order valence-electron chi connectivity index (χ2n) is 0. The summed E-state index contributed by atoms with van der Waals surface area (Å²) in [5, 5.41) is 0. The van der Waals surface area contributed by atoms with E-state index in [1.165, 1.54) is 0 Å². The van der Waals surface area contributed by atoms with Crippen molar-refractivity contribution in [2.24, 2.45) is 0 Å². The summed E-state index contributed by atoms with van der Waals surface area (Å²) in [4.78, 5) is 0. The van der Waals surface area contributed by atoms with Crippen LogP contribution in [0.15, 0.2) is 0 Å². The maximum atomic E-state index is 0. The zero-order chi connectivity index (χ0) is 0. The maximum absolute atomic E-state index is 0. The van der Waals surface area contributed by atoms with Crippen molar-refractivity contribution in [2.45, 2.75) is 0 Å². The minimum atomic E-state index is 0. The Morgan fingerprint density at radius 3 is 1.00 bits per heavy atom. The molecule has 0 saturated carbocycles. The molecule has 0 aliphatic rings. The molecule has 0 aliphatic carbocycles. The molecule has 0 aromatic rings. The van der Waals surface area contributed by atoms with Gasteiger partial charge in [-0.05, 0) is 0 Å². The summed E-state index contributed by atoms with van der Waals surface area (Å²) in [7, 11) is 0. The van der Waals surface area contributed by atoms with E-state index >= 15 is 0 Å². The van der Waals surface area contributed by atoms with E-state index in [1.54, 1.807) is 0 Å². The van der Waals surface area contributed by atoms with Gasteiger partial charge in [-0.3, -0.25) is 0 Å². The van der Waals surface area contributed by atoms with Gasteiger partial charge in [0.1, 0.15) is 0 Å². The Morgan fingerprint density at radius 1 is 1.00 bits per heavy atom. The third-order valence-electron chi connectivity index (χ3n) is 0. The minimum Gasteiger partial charge on any atom is 0 e. The minimum absolute atomic E-state index is 0. The Balaban J connectivity index is 0. The fraction of sp³-hybridized carbons (Fsp3) is 0. The first kappa shape index (κ1) is 29.8. The molecule has 0 spiro atoms. The van der Waals surface area contributed by atoms with E-state index in [9.17, 15) is 0 Å². The maximum Gasteiger partial charge on any atom is 0 e. The average Bonchev–Trinajstić information content (AvgIpc) is 0. The Morgan fingerprint density at radius 2 is 1.00 bits per heavy atom. The van der Waals surface area contributed by atoms with Crippen LogP contribution in [0.25, 0.3) is 0 Å². The van der Waals surface area contributed by atoms with E-state index in [0.717, 1.165) is 0 Å². The molecule has 5 heavy (non-hydrogen) atoms. The van der Waals surface area contributed by atoms with Gasteiger partial charge in [-0.1, -0.05) is 0 Å². The fourth-order valence-electron chi connectivity index (χ4n) is 0. The molecule has 0 unspecified atom stereocenters. The monoisotopic (exact) mass is 755 g/mol. The SMILES string of the molecule is [Eu].[La].[Nd].[Sm].[Tm]. The van der Waals surface area contributed by atoms with Gasteiger partial charge in [0.05, 0.1) is 0 Å². The second-order valence-corrected chi connectivity index (χ2v) is 0. The molecule has 0 aromatic heterocycles. The van der Waals surface area contributed by atoms with Crippen LogP contribution in [0.3, 0.4) is 0 Å². The van der Waals surface area contributed by atoms with E-state index in [2.05, 4.69) is 0 Å². The van der Waals surface area contributed by atoms with Crippen molar-refractivity contribution in [3.63, 3.8) is 0 Å². The largest absolute Gasteiger partial charge is 0 e. The zero-order valence-corrected chi connectivity index (χ0v) is 15.8. The smallest absolute Gasteiger partial charge is 0 e. The van der Waals surface area contributed by atoms with E-state index in [4.69, 9.17) is 0 Å². The first-order valence-corrected chi connectivity index (χ1v) is 0. The standard InChI is InChI=1S/Eu.La.Nd.Sm.Tm. The van der Waals surface area contributed by atoms with Crippen molar-refractivity contribution in [1.82, 2.24) is 0 Å². The first-order chi connectivity index (χ1) is 0. The number of hydrogen-bond donors (Lipinski definition) is 0. The summed E-state index contributed by atoms with van der Waals surface area (Å²) >= 11 is 0. The Bertz CT molecular complexity index is 11.6. The van der Waals surface area contributed by atoms with Crippen LogP contribution < -0.4 is 0 Å². The van der Waals surface area contributed by atoms with E-state index in [1.807, 2.05) is 0 Å². The summed E-state index contributed by atoms with van der Waals surface area (Å²) in [5.74, 6) is 0. The van der Waals surface area contributed by atoms with Crippen molar-refractivity contribution in [3.05, 3.63) is 0 Å². The fourth-order valence-corrected chi connectivity index (χ4v) is 0. The second kappa shape index (κ2) is 22.4. The molecular formula is EuLaNdSmTm. The van der Waals surface area contributed by atoms with Gasteiger partial charge in [-0.15, -0.1) is 0 Å². The van der Waals surface area contributed by atoms with E-state index < -0.39 is 0 Å². The normalized spacial score (nSPS) is 0. The molecule has 0 aromatic carbocycles. The third kappa shape index (κ3) is 18.0. The molecule has 0 fully saturated rings. The molecular weight excluding hydrogens is 754 g/mol. The zero-order valence-electron chi connectivity index (χ0n) is 2.14. The molecule has 0 atom stereocenters. The summed E-state index contributed by atoms with van der Waals surface area (Å²) in [6.07, 6.45) is 0. The van der Waals surface area contributed by atoms with Gasteiger partial charge in [0, 0.05) is 203 Å². The van der Waals surface area contributed by atoms with Gasteiger partial charge in [0.25, 0.3) is 0 Å². The van der Waals surface area contributed by atoms with Crippen LogP contribution in [-0.2, 0) is 0 Å². The Kier molecular flexibility index (Phi) is 134. The molecule has 0 amide bonds. The first-order valence-electron chi connectivity index (χ1n) is 0. The molecule has 3 radical (unpaired) electrons. The molecule has 5 heteroatoms. The van der Waals surface area contributed by atoms with E-state index in [-0.39, 0.29) is 203 Å². The summed E-state index contributed by atoms with van der Waals surface area (Å²) in [6.45, 7) is 0. The molecule has 0 N–H and O–H groups in total. The van der Waals surface area contributed by atoms with Crippen molar-refractivity contribution < 1.29 is 203 Å². The summed E-state index contributed by atoms with van der Waals surface area (Å²) in [5.41, 5.74) is 0. The van der Waals surface area contributed by atoms with Crippen LogP contribution in [0, 0.1) is 203 Å². The van der Waals surface area contributed by atoms with Crippen molar-refractivity contribution in [2.75, 3.05) is 0 Å². The van der Waals surface area contributed by atoms with Crippen LogP contribution >= 0.6 is 0 Å². The Labute approximate surface area is 195 Å². The van der Waals surface area contributed by atoms with Crippen molar-refractivity contribution in [1.29, 1.82) is 0 Å². The van der Waals surface area contributed by atoms with Gasteiger partial charge in [-0.25, -0.2) is 0 Å². The topological polar surface area (TPSA) is 0 Å².